The van der Waals surface area contributed by atoms with Gasteiger partial charge in [-0.05, 0) is 42.8 Å². The summed E-state index contributed by atoms with van der Waals surface area (Å²) in [4.78, 5) is 23.5. The Morgan fingerprint density at radius 2 is 1.90 bits per heavy atom. The molecule has 0 radical (unpaired) electrons. The van der Waals surface area contributed by atoms with Crippen LogP contribution in [0.15, 0.2) is 40.9 Å². The third-order valence-electron chi connectivity index (χ3n) is 3.03. The molecule has 0 spiro atoms. The first-order chi connectivity index (χ1) is 9.90. The van der Waals surface area contributed by atoms with Crippen LogP contribution in [0.2, 0.25) is 0 Å². The summed E-state index contributed by atoms with van der Waals surface area (Å²) in [6.07, 6.45) is 0. The van der Waals surface area contributed by atoms with E-state index in [0.717, 1.165) is 10.0 Å². The van der Waals surface area contributed by atoms with E-state index in [4.69, 9.17) is 10.8 Å². The summed E-state index contributed by atoms with van der Waals surface area (Å²) < 4.78 is 0.811. The third kappa shape index (κ3) is 3.22. The van der Waals surface area contributed by atoms with Crippen molar-refractivity contribution in [2.45, 2.75) is 6.92 Å². The number of nitrogens with two attached hydrogens (primary N) is 1. The molecule has 6 heteroatoms. The Morgan fingerprint density at radius 1 is 1.19 bits per heavy atom. The summed E-state index contributed by atoms with van der Waals surface area (Å²) in [6.45, 7) is 1.81. The molecule has 2 rings (SSSR count). The fourth-order valence-corrected chi connectivity index (χ4v) is 2.26. The number of carboxylic acid groups (broad SMARTS) is 1. The molecule has 0 bridgehead atoms. The van der Waals surface area contributed by atoms with Crippen molar-refractivity contribution in [2.24, 2.45) is 0 Å². The number of nitrogen functional groups attached to an aromatic ring is 1. The average molecular weight is 349 g/mol. The molecule has 4 N–H and O–H groups in total. The highest BCUT2D eigenvalue weighted by atomic mass is 79.9. The number of rotatable bonds is 3. The van der Waals surface area contributed by atoms with Gasteiger partial charge in [0.05, 0.1) is 11.3 Å². The minimum Gasteiger partial charge on any atom is -0.478 e. The number of halogens is 1. The number of nitrogens with one attached hydrogen (secondary N) is 1. The molecular weight excluding hydrogens is 336 g/mol. The van der Waals surface area contributed by atoms with Gasteiger partial charge in [0.15, 0.2) is 0 Å². The van der Waals surface area contributed by atoms with Crippen LogP contribution in [-0.4, -0.2) is 17.0 Å². The summed E-state index contributed by atoms with van der Waals surface area (Å²) in [6, 6.07) is 9.57. The Bertz CT molecular complexity index is 729. The Balaban J connectivity index is 2.36. The highest BCUT2D eigenvalue weighted by molar-refractivity contribution is 9.10. The quantitative estimate of drug-likeness (QED) is 0.742. The largest absolute Gasteiger partial charge is 0.478 e. The Hall–Kier alpha value is -2.34. The average Bonchev–Trinajstić information content (AvgIpc) is 2.43. The lowest BCUT2D eigenvalue weighted by Crippen LogP contribution is -2.16. The van der Waals surface area contributed by atoms with Gasteiger partial charge in [-0.1, -0.05) is 22.0 Å². The van der Waals surface area contributed by atoms with Gasteiger partial charge < -0.3 is 16.2 Å². The second-order valence-electron chi connectivity index (χ2n) is 4.48. The zero-order valence-corrected chi connectivity index (χ0v) is 12.8. The molecule has 0 atom stereocenters. The lowest BCUT2D eigenvalue weighted by atomic mass is 10.1. The van der Waals surface area contributed by atoms with Gasteiger partial charge in [0.25, 0.3) is 5.91 Å². The lowest BCUT2D eigenvalue weighted by Gasteiger charge is -2.11. The van der Waals surface area contributed by atoms with E-state index in [1.165, 1.54) is 18.2 Å². The van der Waals surface area contributed by atoms with E-state index in [0.29, 0.717) is 11.3 Å². The molecular formula is C15H13BrN2O3. The van der Waals surface area contributed by atoms with Gasteiger partial charge in [0, 0.05) is 15.7 Å². The third-order valence-corrected chi connectivity index (χ3v) is 3.89. The molecule has 0 saturated carbocycles. The monoisotopic (exact) mass is 348 g/mol. The molecule has 2 aromatic carbocycles. The summed E-state index contributed by atoms with van der Waals surface area (Å²) in [5.41, 5.74) is 7.31. The second kappa shape index (κ2) is 5.97. The number of hydrogen-bond acceptors (Lipinski definition) is 3. The predicted octanol–water partition coefficient (Wildman–Crippen LogP) is 3.29. The van der Waals surface area contributed by atoms with Crippen LogP contribution in [0.1, 0.15) is 26.3 Å². The first kappa shape index (κ1) is 15.1. The van der Waals surface area contributed by atoms with Crippen LogP contribution >= 0.6 is 15.9 Å². The van der Waals surface area contributed by atoms with E-state index < -0.39 is 5.97 Å². The summed E-state index contributed by atoms with van der Waals surface area (Å²) >= 11 is 3.36. The van der Waals surface area contributed by atoms with E-state index in [-0.39, 0.29) is 17.2 Å². The van der Waals surface area contributed by atoms with Crippen molar-refractivity contribution in [3.05, 3.63) is 57.6 Å². The molecule has 0 aromatic heterocycles. The summed E-state index contributed by atoms with van der Waals surface area (Å²) in [5.74, 6) is -1.52. The van der Waals surface area contributed by atoms with Gasteiger partial charge in [-0.25, -0.2) is 4.79 Å². The van der Waals surface area contributed by atoms with Crippen molar-refractivity contribution < 1.29 is 14.7 Å². The number of benzene rings is 2. The Kier molecular flexibility index (Phi) is 4.28. The SMILES string of the molecule is Cc1c(Br)cccc1C(=O)Nc1ccc(N)cc1C(=O)O. The topological polar surface area (TPSA) is 92.4 Å². The van der Waals surface area contributed by atoms with Crippen molar-refractivity contribution in [1.82, 2.24) is 0 Å². The molecule has 0 heterocycles. The number of carbonyl (C=O) groups excluding carboxylic acids is 1. The fourth-order valence-electron chi connectivity index (χ4n) is 1.89. The van der Waals surface area contributed by atoms with Gasteiger partial charge in [-0.15, -0.1) is 0 Å². The maximum Gasteiger partial charge on any atom is 0.337 e. The van der Waals surface area contributed by atoms with Crippen LogP contribution in [0, 0.1) is 6.92 Å². The van der Waals surface area contributed by atoms with E-state index in [9.17, 15) is 9.59 Å². The number of carbonyl (C=O) groups is 2. The number of carboxylic acids is 1. The van der Waals surface area contributed by atoms with Crippen LogP contribution in [0.25, 0.3) is 0 Å². The number of anilines is 2. The van der Waals surface area contributed by atoms with Crippen LogP contribution in [0.4, 0.5) is 11.4 Å². The minimum absolute atomic E-state index is 0.0454. The number of aromatic carboxylic acids is 1. The molecule has 2 aromatic rings. The van der Waals surface area contributed by atoms with Gasteiger partial charge in [-0.3, -0.25) is 4.79 Å². The van der Waals surface area contributed by atoms with Crippen LogP contribution in [-0.2, 0) is 0 Å². The highest BCUT2D eigenvalue weighted by Gasteiger charge is 2.15. The maximum absolute atomic E-state index is 12.3. The zero-order chi connectivity index (χ0) is 15.6. The zero-order valence-electron chi connectivity index (χ0n) is 11.2. The number of amides is 1. The van der Waals surface area contributed by atoms with Gasteiger partial charge in [0.2, 0.25) is 0 Å². The second-order valence-corrected chi connectivity index (χ2v) is 5.33. The maximum atomic E-state index is 12.3. The Morgan fingerprint density at radius 3 is 2.57 bits per heavy atom. The molecule has 108 valence electrons. The van der Waals surface area contributed by atoms with Crippen molar-refractivity contribution in [3.63, 3.8) is 0 Å². The summed E-state index contributed by atoms with van der Waals surface area (Å²) in [5, 5.41) is 11.8. The fraction of sp³-hybridized carbons (Fsp3) is 0.0667. The number of hydrogen-bond donors (Lipinski definition) is 3. The van der Waals surface area contributed by atoms with E-state index in [2.05, 4.69) is 21.2 Å². The van der Waals surface area contributed by atoms with E-state index >= 15 is 0 Å². The molecule has 0 saturated heterocycles. The minimum atomic E-state index is -1.15. The van der Waals surface area contributed by atoms with Gasteiger partial charge >= 0.3 is 5.97 Å². The molecule has 0 aliphatic heterocycles. The highest BCUT2D eigenvalue weighted by Crippen LogP contribution is 2.23. The summed E-state index contributed by atoms with van der Waals surface area (Å²) in [7, 11) is 0. The lowest BCUT2D eigenvalue weighted by molar-refractivity contribution is 0.0698. The molecule has 0 aliphatic carbocycles. The molecule has 1 amide bonds. The smallest absolute Gasteiger partial charge is 0.337 e. The molecule has 0 aliphatic rings. The normalized spacial score (nSPS) is 10.2. The molecule has 21 heavy (non-hydrogen) atoms. The molecule has 0 fully saturated rings. The molecule has 0 unspecified atom stereocenters. The standard InChI is InChI=1S/C15H13BrN2O3/c1-8-10(3-2-4-12(8)16)14(19)18-13-6-5-9(17)7-11(13)15(20)21/h2-7H,17H2,1H3,(H,18,19)(H,20,21). The van der Waals surface area contributed by atoms with Crippen LogP contribution < -0.4 is 11.1 Å². The first-order valence-electron chi connectivity index (χ1n) is 6.09. The van der Waals surface area contributed by atoms with Crippen LogP contribution in [0.5, 0.6) is 0 Å². The van der Waals surface area contributed by atoms with Crippen molar-refractivity contribution in [1.29, 1.82) is 0 Å². The van der Waals surface area contributed by atoms with Crippen molar-refractivity contribution >= 4 is 39.2 Å². The molecule has 5 nitrogen and oxygen atoms in total. The Labute approximate surface area is 129 Å². The van der Waals surface area contributed by atoms with E-state index in [1.807, 2.05) is 6.07 Å². The predicted molar refractivity (Wildman–Crippen MR) is 84.6 cm³/mol. The van der Waals surface area contributed by atoms with Crippen LogP contribution in [0.3, 0.4) is 0 Å². The van der Waals surface area contributed by atoms with Gasteiger partial charge in [-0.2, -0.15) is 0 Å². The van der Waals surface area contributed by atoms with Crippen molar-refractivity contribution in [3.8, 4) is 0 Å². The van der Waals surface area contributed by atoms with Crippen molar-refractivity contribution in [2.75, 3.05) is 11.1 Å². The van der Waals surface area contributed by atoms with E-state index in [1.54, 1.807) is 19.1 Å². The first-order valence-corrected chi connectivity index (χ1v) is 6.88. The van der Waals surface area contributed by atoms with Gasteiger partial charge in [0.1, 0.15) is 0 Å².